The lowest BCUT2D eigenvalue weighted by atomic mass is 9.96. The molecule has 7 aromatic heterocycles. The van der Waals surface area contributed by atoms with Crippen molar-refractivity contribution >= 4 is 0 Å². The van der Waals surface area contributed by atoms with Gasteiger partial charge in [0.1, 0.15) is 49.3 Å². The molecule has 0 radical (unpaired) electrons. The number of aromatic nitrogens is 7. The van der Waals surface area contributed by atoms with Gasteiger partial charge in [-0.15, -0.1) is 0 Å². The van der Waals surface area contributed by atoms with Gasteiger partial charge in [-0.1, -0.05) is 113 Å². The van der Waals surface area contributed by atoms with E-state index in [1.165, 1.54) is 106 Å². The number of nitrogens with zero attached hydrogens (tertiary/aromatic N) is 7. The Morgan fingerprint density at radius 1 is 0.176 bits per heavy atom. The third kappa shape index (κ3) is 23.3. The first kappa shape index (κ1) is 69.5. The largest absolute Gasteiger partial charge is 0.215 e. The van der Waals surface area contributed by atoms with E-state index in [4.69, 9.17) is 24.7 Å². The van der Waals surface area contributed by atoms with Crippen LogP contribution in [0.5, 0.6) is 0 Å². The molecule has 0 aliphatic carbocycles. The maximum absolute atomic E-state index is 7.69. The Morgan fingerprint density at radius 2 is 0.471 bits per heavy atom. The summed E-state index contributed by atoms with van der Waals surface area (Å²) in [5.74, 6) is 0. The summed E-state index contributed by atoms with van der Waals surface area (Å²) < 4.78 is 151. The second-order valence-electron chi connectivity index (χ2n) is 32.7. The van der Waals surface area contributed by atoms with Crippen molar-refractivity contribution in [2.75, 3.05) is 0 Å². The summed E-state index contributed by atoms with van der Waals surface area (Å²) in [7, 11) is 13.4. The lowest BCUT2D eigenvalue weighted by molar-refractivity contribution is -0.667. The van der Waals surface area contributed by atoms with Gasteiger partial charge in [0.15, 0.2) is 39.9 Å². The second-order valence-corrected chi connectivity index (χ2v) is 32.7. The summed E-state index contributed by atoms with van der Waals surface area (Å²) >= 11 is 0. The highest BCUT2D eigenvalue weighted by Gasteiger charge is 2.24. The summed E-state index contributed by atoms with van der Waals surface area (Å²) in [4.78, 5) is 0. The molecule has 0 bridgehead atoms. The van der Waals surface area contributed by atoms with Gasteiger partial charge in [-0.05, 0) is 277 Å². The summed E-state index contributed by atoms with van der Waals surface area (Å²) in [5.41, 5.74) is 42.4. The molecule has 119 heavy (non-hydrogen) atoms. The first-order chi connectivity index (χ1) is 63.2. The monoisotopic (exact) mass is 1600 g/mol. The molecular formula is C112H140N7+7. The fraction of sp³-hybridized carbons (Fsp3) is 0.312. The van der Waals surface area contributed by atoms with Gasteiger partial charge in [0.05, 0.1) is 5.56 Å². The highest BCUT2D eigenvalue weighted by Crippen LogP contribution is 2.31. The molecule has 7 heterocycles. The van der Waals surface area contributed by atoms with Crippen molar-refractivity contribution in [1.29, 1.82) is 0 Å². The molecule has 0 aliphatic heterocycles. The standard InChI is InChI=1S/7C16H20N/c2*1-11-6-7-13(3)15(9-11)16-10-12(2)8-14(4)17(16)5;2*1-11-6-7-15(13(3)8-11)16-10-12(2)9-14(4)17(16)5;2*1-11-9-13(3)17(5)16(10-11)15-8-6-7-12(2)14(15)4;1-11-7-6-8-12(2)15(11)16-13(3)9-10-14(4)17(16)5/h7*6-10H,1-5H3/q7*+1/i4D3;;1D3,4D3;;2D3,3D3;;4D3. The highest BCUT2D eigenvalue weighted by atomic mass is 15.0. The van der Waals surface area contributed by atoms with Crippen LogP contribution in [-0.4, -0.2) is 0 Å². The summed E-state index contributed by atoms with van der Waals surface area (Å²) in [6, 6.07) is 70.1. The molecule has 0 saturated carbocycles. The first-order valence-corrected chi connectivity index (χ1v) is 40.8. The molecule has 7 heteroatoms. The molecule has 0 amide bonds. The summed E-state index contributed by atoms with van der Waals surface area (Å²) in [6.45, 7) is 32.4. The van der Waals surface area contributed by atoms with Gasteiger partial charge in [-0.25, -0.2) is 0 Å². The molecule has 7 aromatic carbocycles. The van der Waals surface area contributed by atoms with Gasteiger partial charge in [0.2, 0.25) is 39.9 Å². The van der Waals surface area contributed by atoms with Gasteiger partial charge < -0.3 is 0 Å². The zero-order chi connectivity index (χ0) is 103. The Hall–Kier alpha value is -11.4. The third-order valence-electron chi connectivity index (χ3n) is 22.7. The van der Waals surface area contributed by atoms with E-state index >= 15 is 0 Å². The fourth-order valence-electron chi connectivity index (χ4n) is 15.2. The molecule has 0 atom stereocenters. The predicted octanol–water partition coefficient (Wildman–Crippen LogP) is 23.9. The molecule has 14 rings (SSSR count). The third-order valence-corrected chi connectivity index (χ3v) is 22.7. The van der Waals surface area contributed by atoms with Crippen LogP contribution in [0.1, 0.15) is 181 Å². The molecule has 0 aliphatic rings. The number of hydrogen-bond acceptors (Lipinski definition) is 0. The molecular weight excluding hydrogens is 1440 g/mol. The second kappa shape index (κ2) is 40.8. The van der Waals surface area contributed by atoms with Crippen LogP contribution in [0.25, 0.3) is 78.8 Å². The van der Waals surface area contributed by atoms with E-state index in [0.717, 1.165) is 83.8 Å². The zero-order valence-electron chi connectivity index (χ0n) is 94.3. The Morgan fingerprint density at radius 3 is 0.840 bits per heavy atom. The van der Waals surface area contributed by atoms with Crippen molar-refractivity contribution in [3.05, 3.63) is 369 Å². The van der Waals surface area contributed by atoms with Gasteiger partial charge in [-0.3, -0.25) is 0 Å². The minimum atomic E-state index is -2.23. The first-order valence-electron chi connectivity index (χ1n) is 49.8. The molecule has 616 valence electrons. The van der Waals surface area contributed by atoms with Crippen LogP contribution < -0.4 is 32.0 Å². The normalized spacial score (nSPS) is 13.5. The summed E-state index contributed by atoms with van der Waals surface area (Å²) in [6.07, 6.45) is 0. The van der Waals surface area contributed by atoms with Crippen molar-refractivity contribution < 1.29 is 56.6 Å². The maximum Gasteiger partial charge on any atom is 0.215 e. The van der Waals surface area contributed by atoms with Crippen LogP contribution >= 0.6 is 0 Å². The maximum atomic E-state index is 7.69. The van der Waals surface area contributed by atoms with Crippen LogP contribution in [-0.2, 0) is 49.3 Å². The van der Waals surface area contributed by atoms with Crippen LogP contribution in [0.2, 0.25) is 0 Å². The van der Waals surface area contributed by atoms with E-state index in [2.05, 4.69) is 253 Å². The summed E-state index contributed by atoms with van der Waals surface area (Å²) in [5, 5.41) is 0. The van der Waals surface area contributed by atoms with Crippen LogP contribution in [0.4, 0.5) is 0 Å². The average molecular weight is 1600 g/mol. The minimum absolute atomic E-state index is 0.228. The Kier molecular flexibility index (Phi) is 23.9. The van der Waals surface area contributed by atoms with Gasteiger partial charge in [-0.2, -0.15) is 32.0 Å². The number of rotatable bonds is 7. The topological polar surface area (TPSA) is 27.2 Å². The van der Waals surface area contributed by atoms with E-state index in [0.29, 0.717) is 22.6 Å². The molecule has 0 saturated heterocycles. The molecule has 0 fully saturated rings. The number of pyridine rings is 7. The number of aryl methyl sites for hydroxylation is 26. The molecule has 0 unspecified atom stereocenters. The van der Waals surface area contributed by atoms with Crippen molar-refractivity contribution in [2.24, 2.45) is 49.3 Å². The molecule has 14 aromatic rings. The van der Waals surface area contributed by atoms with E-state index in [9.17, 15) is 0 Å². The van der Waals surface area contributed by atoms with Crippen molar-refractivity contribution in [3.8, 4) is 78.8 Å². The van der Waals surface area contributed by atoms with E-state index < -0.39 is 41.1 Å². The Balaban J connectivity index is 0.000000197. The minimum Gasteiger partial charge on any atom is -0.199 e. The quantitative estimate of drug-likeness (QED) is 0.142. The molecule has 7 nitrogen and oxygen atoms in total. The fourth-order valence-corrected chi connectivity index (χ4v) is 15.2. The van der Waals surface area contributed by atoms with Crippen molar-refractivity contribution in [2.45, 2.75) is 193 Å². The van der Waals surface area contributed by atoms with Crippen LogP contribution in [0.3, 0.4) is 0 Å². The average Bonchev–Trinajstić information content (AvgIpc) is 0.776. The molecule has 0 spiro atoms. The van der Waals surface area contributed by atoms with Crippen LogP contribution in [0, 0.1) is 193 Å². The zero-order valence-corrected chi connectivity index (χ0v) is 76.3. The SMILES string of the molecule is Cc1cc(C)[n+](C)c(-c2cccc(C)c2C)c1.Cc1ccc(-c2cc(C)cc(C)[n+]2C)c(C)c1.Cc1ccc(C)c(-c2cc(C)cc(C)[n+]2C)c1.[2H]C([2H])([2H])c1cc(C)cc(-c2cc(C)ccc2C)[n+]1C.[2H]C([2H])([2H])c1ccc(-c2cc(C)cc(C([2H])([2H])[2H])[n+]2C)c(C)c1.[2H]C([2H])([2H])c1ccc(C)c(-c2c(C)cccc2C)[n+]1C.[2H]C([2H])([2H])c1cccc(-c2cc(C)cc(C([2H])([2H])[2H])[n+]2C)c1C. The van der Waals surface area contributed by atoms with E-state index in [1.54, 1.807) is 93.9 Å². The van der Waals surface area contributed by atoms with Crippen molar-refractivity contribution in [1.82, 2.24) is 0 Å². The predicted molar refractivity (Wildman–Crippen MR) is 504 cm³/mol. The van der Waals surface area contributed by atoms with Gasteiger partial charge in [0, 0.05) is 191 Å². The lowest BCUT2D eigenvalue weighted by Crippen LogP contribution is -2.35. The van der Waals surface area contributed by atoms with Crippen LogP contribution in [0.15, 0.2) is 212 Å². The van der Waals surface area contributed by atoms with E-state index in [-0.39, 0.29) is 22.5 Å². The molecule has 0 N–H and O–H groups in total. The van der Waals surface area contributed by atoms with E-state index in [1.807, 2.05) is 99.0 Å². The Labute approximate surface area is 743 Å². The smallest absolute Gasteiger partial charge is 0.199 e. The number of hydrogen-bond donors (Lipinski definition) is 0. The highest BCUT2D eigenvalue weighted by molar-refractivity contribution is 5.70. The lowest BCUT2D eigenvalue weighted by Gasteiger charge is -2.11. The van der Waals surface area contributed by atoms with Gasteiger partial charge >= 0.3 is 0 Å². The van der Waals surface area contributed by atoms with Gasteiger partial charge in [0.25, 0.3) is 0 Å². The Bertz CT molecular complexity index is 6710. The number of benzene rings is 7. The van der Waals surface area contributed by atoms with Crippen molar-refractivity contribution in [3.63, 3.8) is 0 Å².